The zero-order valence-electron chi connectivity index (χ0n) is 12.1. The van der Waals surface area contributed by atoms with Crippen molar-refractivity contribution in [1.82, 2.24) is 31.2 Å². The Morgan fingerprint density at radius 1 is 1.41 bits per heavy atom. The molecular formula is C14H17FN6O. The number of benzene rings is 1. The van der Waals surface area contributed by atoms with Crippen molar-refractivity contribution in [2.75, 3.05) is 0 Å². The number of amides is 1. The van der Waals surface area contributed by atoms with Crippen molar-refractivity contribution in [2.24, 2.45) is 0 Å². The zero-order chi connectivity index (χ0) is 15.5. The second kappa shape index (κ2) is 6.20. The molecule has 2 unspecified atom stereocenters. The summed E-state index contributed by atoms with van der Waals surface area (Å²) in [7, 11) is 0. The predicted octanol–water partition coefficient (Wildman–Crippen LogP) is 0.739. The van der Waals surface area contributed by atoms with Gasteiger partial charge in [-0.3, -0.25) is 10.2 Å². The minimum absolute atomic E-state index is 0.131. The molecule has 116 valence electrons. The second-order valence-electron chi connectivity index (χ2n) is 5.15. The molecule has 7 nitrogen and oxygen atoms in total. The minimum Gasteiger partial charge on any atom is -0.334 e. The molecule has 8 heteroatoms. The molecule has 1 aliphatic heterocycles. The summed E-state index contributed by atoms with van der Waals surface area (Å²) in [6, 6.07) is 6.08. The molecule has 0 radical (unpaired) electrons. The molecule has 1 aromatic carbocycles. The number of halogens is 1. The van der Waals surface area contributed by atoms with Crippen molar-refractivity contribution < 1.29 is 9.18 Å². The fraction of sp³-hybridized carbons (Fsp3) is 0.357. The Hall–Kier alpha value is -2.32. The number of hydrogen-bond donors (Lipinski definition) is 3. The van der Waals surface area contributed by atoms with Gasteiger partial charge in [-0.2, -0.15) is 9.90 Å². The highest BCUT2D eigenvalue weighted by Gasteiger charge is 2.24. The summed E-state index contributed by atoms with van der Waals surface area (Å²) in [5.74, 6) is -0.636. The lowest BCUT2D eigenvalue weighted by molar-refractivity contribution is 0.0927. The van der Waals surface area contributed by atoms with Gasteiger partial charge in [0.25, 0.3) is 5.91 Å². The van der Waals surface area contributed by atoms with Crippen LogP contribution in [0.15, 0.2) is 30.5 Å². The van der Waals surface area contributed by atoms with Gasteiger partial charge in [0.05, 0.1) is 18.1 Å². The summed E-state index contributed by atoms with van der Waals surface area (Å²) in [5, 5.41) is 11.0. The van der Waals surface area contributed by atoms with E-state index >= 15 is 0 Å². The van der Waals surface area contributed by atoms with Crippen molar-refractivity contribution in [1.29, 1.82) is 0 Å². The van der Waals surface area contributed by atoms with E-state index in [1.54, 1.807) is 12.1 Å². The molecule has 22 heavy (non-hydrogen) atoms. The van der Waals surface area contributed by atoms with Gasteiger partial charge in [-0.1, -0.05) is 6.92 Å². The summed E-state index contributed by atoms with van der Waals surface area (Å²) in [6.07, 6.45) is 3.06. The first kappa shape index (κ1) is 14.6. The highest BCUT2D eigenvalue weighted by Crippen LogP contribution is 2.08. The smallest absolute Gasteiger partial charge is 0.274 e. The maximum Gasteiger partial charge on any atom is 0.274 e. The third-order valence-corrected chi connectivity index (χ3v) is 3.56. The molecule has 0 spiro atoms. The number of hydrogen-bond acceptors (Lipinski definition) is 5. The first-order chi connectivity index (χ1) is 10.7. The summed E-state index contributed by atoms with van der Waals surface area (Å²) >= 11 is 0. The number of carbonyl (C=O) groups is 1. The topological polar surface area (TPSA) is 83.9 Å². The Morgan fingerprint density at radius 3 is 2.86 bits per heavy atom. The molecule has 1 aliphatic rings. The Balaban J connectivity index is 1.66. The van der Waals surface area contributed by atoms with Crippen molar-refractivity contribution in [2.45, 2.75) is 32.0 Å². The van der Waals surface area contributed by atoms with Crippen molar-refractivity contribution in [3.05, 3.63) is 42.0 Å². The number of rotatable bonds is 4. The van der Waals surface area contributed by atoms with Gasteiger partial charge < -0.3 is 5.32 Å². The molecule has 1 fully saturated rings. The quantitative estimate of drug-likeness (QED) is 0.776. The van der Waals surface area contributed by atoms with Crippen LogP contribution in [0.4, 0.5) is 4.39 Å². The summed E-state index contributed by atoms with van der Waals surface area (Å²) in [6.45, 7) is 2.08. The Morgan fingerprint density at radius 2 is 2.18 bits per heavy atom. The third kappa shape index (κ3) is 3.12. The van der Waals surface area contributed by atoms with Crippen LogP contribution in [0, 0.1) is 5.82 Å². The Bertz CT molecular complexity index is 656. The standard InChI is InChI=1S/C14H17FN6O/c1-2-10-7-13(19-18-10)17-14(22)12-8-16-21(20-12)11-5-3-9(15)4-6-11/h3-6,8,10,13,18-19H,2,7H2,1H3,(H,17,22). The summed E-state index contributed by atoms with van der Waals surface area (Å²) in [4.78, 5) is 13.4. The van der Waals surface area contributed by atoms with E-state index in [0.29, 0.717) is 11.7 Å². The van der Waals surface area contributed by atoms with Crippen LogP contribution >= 0.6 is 0 Å². The molecule has 0 aliphatic carbocycles. The highest BCUT2D eigenvalue weighted by atomic mass is 19.1. The van der Waals surface area contributed by atoms with E-state index in [0.717, 1.165) is 12.8 Å². The van der Waals surface area contributed by atoms with Crippen LogP contribution in [0.1, 0.15) is 30.3 Å². The largest absolute Gasteiger partial charge is 0.334 e. The fourth-order valence-corrected chi connectivity index (χ4v) is 2.28. The minimum atomic E-state index is -0.334. The molecule has 2 heterocycles. The van der Waals surface area contributed by atoms with Crippen LogP contribution in [0.2, 0.25) is 0 Å². The second-order valence-corrected chi connectivity index (χ2v) is 5.15. The van der Waals surface area contributed by atoms with E-state index in [4.69, 9.17) is 0 Å². The average Bonchev–Trinajstić information content (AvgIpc) is 3.17. The lowest BCUT2D eigenvalue weighted by Gasteiger charge is -2.10. The van der Waals surface area contributed by atoms with E-state index in [1.807, 2.05) is 0 Å². The number of nitrogens with one attached hydrogen (secondary N) is 3. The number of nitrogens with zero attached hydrogens (tertiary/aromatic N) is 3. The molecule has 2 aromatic rings. The molecule has 1 aromatic heterocycles. The zero-order valence-corrected chi connectivity index (χ0v) is 12.1. The van der Waals surface area contributed by atoms with Gasteiger partial charge in [0, 0.05) is 6.04 Å². The van der Waals surface area contributed by atoms with Crippen LogP contribution < -0.4 is 16.2 Å². The monoisotopic (exact) mass is 304 g/mol. The maximum absolute atomic E-state index is 12.9. The third-order valence-electron chi connectivity index (χ3n) is 3.56. The normalized spacial score (nSPS) is 21.0. The molecule has 0 bridgehead atoms. The van der Waals surface area contributed by atoms with Gasteiger partial charge in [-0.25, -0.2) is 9.82 Å². The molecule has 2 atom stereocenters. The molecule has 1 saturated heterocycles. The highest BCUT2D eigenvalue weighted by molar-refractivity contribution is 5.92. The molecule has 3 rings (SSSR count). The maximum atomic E-state index is 12.9. The van der Waals surface area contributed by atoms with Crippen LogP contribution in [0.3, 0.4) is 0 Å². The van der Waals surface area contributed by atoms with Gasteiger partial charge in [0.2, 0.25) is 0 Å². The average molecular weight is 304 g/mol. The van der Waals surface area contributed by atoms with Crippen LogP contribution in [0.25, 0.3) is 5.69 Å². The van der Waals surface area contributed by atoms with E-state index in [-0.39, 0.29) is 23.6 Å². The lowest BCUT2D eigenvalue weighted by atomic mass is 10.1. The van der Waals surface area contributed by atoms with Gasteiger partial charge in [0.15, 0.2) is 5.69 Å². The van der Waals surface area contributed by atoms with Crippen LogP contribution in [-0.4, -0.2) is 33.1 Å². The van der Waals surface area contributed by atoms with E-state index in [1.165, 1.54) is 23.1 Å². The molecular weight excluding hydrogens is 287 g/mol. The Kier molecular flexibility index (Phi) is 4.12. The first-order valence-corrected chi connectivity index (χ1v) is 7.16. The SMILES string of the molecule is CCC1CC(NC(=O)c2cnn(-c3ccc(F)cc3)n2)NN1. The summed E-state index contributed by atoms with van der Waals surface area (Å²) in [5.41, 5.74) is 6.94. The van der Waals surface area contributed by atoms with Crippen LogP contribution in [0.5, 0.6) is 0 Å². The number of hydrazine groups is 1. The molecule has 3 N–H and O–H groups in total. The van der Waals surface area contributed by atoms with Crippen LogP contribution in [-0.2, 0) is 0 Å². The fourth-order valence-electron chi connectivity index (χ4n) is 2.28. The van der Waals surface area contributed by atoms with Gasteiger partial charge in [-0.05, 0) is 37.1 Å². The van der Waals surface area contributed by atoms with E-state index < -0.39 is 0 Å². The van der Waals surface area contributed by atoms with Gasteiger partial charge >= 0.3 is 0 Å². The van der Waals surface area contributed by atoms with Crippen molar-refractivity contribution >= 4 is 5.91 Å². The van der Waals surface area contributed by atoms with Crippen molar-refractivity contribution in [3.63, 3.8) is 0 Å². The lowest BCUT2D eigenvalue weighted by Crippen LogP contribution is -2.44. The van der Waals surface area contributed by atoms with Crippen molar-refractivity contribution in [3.8, 4) is 5.69 Å². The molecule has 0 saturated carbocycles. The van der Waals surface area contributed by atoms with Gasteiger partial charge in [0.1, 0.15) is 5.82 Å². The molecule has 1 amide bonds. The van der Waals surface area contributed by atoms with Gasteiger partial charge in [-0.15, -0.1) is 5.10 Å². The number of aromatic nitrogens is 3. The first-order valence-electron chi connectivity index (χ1n) is 7.16. The predicted molar refractivity (Wildman–Crippen MR) is 77.5 cm³/mol. The summed E-state index contributed by atoms with van der Waals surface area (Å²) < 4.78 is 12.9. The van der Waals surface area contributed by atoms with E-state index in [2.05, 4.69) is 33.3 Å². The Labute approximate surface area is 126 Å². The van der Waals surface area contributed by atoms with E-state index in [9.17, 15) is 9.18 Å². The number of carbonyl (C=O) groups excluding carboxylic acids is 1.